The standard InChI is InChI=1S/C37H50F2N2O3/c1-4-5-6-7-8-11-14-25-37(3,39)36(42)44-34-23-17-30(18-24-34)32-27-40-35(41-28-32)31-19-21-33(22-20-31)43-26-15-12-9-10-13-16-29(2)38/h17-24,27-29H,4-16,25-26H2,1-3H3/t29-,37-/m0/s1. The fraction of sp³-hybridized carbons (Fsp3) is 0.541. The first-order valence-corrected chi connectivity index (χ1v) is 16.5. The summed E-state index contributed by atoms with van der Waals surface area (Å²) in [5, 5.41) is 0. The van der Waals surface area contributed by atoms with E-state index in [9.17, 15) is 13.6 Å². The van der Waals surface area contributed by atoms with Crippen LogP contribution in [-0.2, 0) is 4.79 Å². The van der Waals surface area contributed by atoms with Crippen molar-refractivity contribution in [2.45, 2.75) is 123 Å². The number of nitrogens with zero attached hydrogens (tertiary/aromatic N) is 2. The Balaban J connectivity index is 1.41. The number of hydrogen-bond acceptors (Lipinski definition) is 5. The van der Waals surface area contributed by atoms with Gasteiger partial charge in [0.1, 0.15) is 11.5 Å². The van der Waals surface area contributed by atoms with Crippen molar-refractivity contribution < 1.29 is 23.0 Å². The second-order valence-electron chi connectivity index (χ2n) is 12.0. The quantitative estimate of drug-likeness (QED) is 0.0684. The highest BCUT2D eigenvalue weighted by atomic mass is 19.1. The van der Waals surface area contributed by atoms with E-state index in [0.717, 1.165) is 73.8 Å². The molecule has 0 spiro atoms. The zero-order chi connectivity index (χ0) is 31.6. The largest absolute Gasteiger partial charge is 0.494 e. The Kier molecular flexibility index (Phi) is 15.3. The molecule has 3 rings (SSSR count). The molecule has 0 radical (unpaired) electrons. The van der Waals surface area contributed by atoms with E-state index in [1.807, 2.05) is 36.4 Å². The number of aromatic nitrogens is 2. The van der Waals surface area contributed by atoms with Gasteiger partial charge in [-0.1, -0.05) is 83.3 Å². The topological polar surface area (TPSA) is 61.3 Å². The summed E-state index contributed by atoms with van der Waals surface area (Å²) in [6.07, 6.45) is 16.3. The van der Waals surface area contributed by atoms with Crippen molar-refractivity contribution >= 4 is 5.97 Å². The van der Waals surface area contributed by atoms with Gasteiger partial charge in [-0.2, -0.15) is 0 Å². The van der Waals surface area contributed by atoms with E-state index >= 15 is 0 Å². The molecule has 2 atom stereocenters. The smallest absolute Gasteiger partial charge is 0.348 e. The molecule has 3 aromatic rings. The zero-order valence-corrected chi connectivity index (χ0v) is 26.8. The summed E-state index contributed by atoms with van der Waals surface area (Å²) in [6.45, 7) is 5.77. The van der Waals surface area contributed by atoms with Crippen LogP contribution in [0.1, 0.15) is 111 Å². The van der Waals surface area contributed by atoms with Gasteiger partial charge in [-0.15, -0.1) is 0 Å². The van der Waals surface area contributed by atoms with Crippen molar-refractivity contribution in [3.05, 3.63) is 60.9 Å². The fourth-order valence-electron chi connectivity index (χ4n) is 5.02. The van der Waals surface area contributed by atoms with Crippen LogP contribution in [0, 0.1) is 0 Å². The summed E-state index contributed by atoms with van der Waals surface area (Å²) in [4.78, 5) is 21.5. The minimum Gasteiger partial charge on any atom is -0.494 e. The van der Waals surface area contributed by atoms with Gasteiger partial charge in [-0.05, 0) is 81.5 Å². The maximum atomic E-state index is 15.0. The first kappa shape index (κ1) is 35.1. The monoisotopic (exact) mass is 608 g/mol. The Hall–Kier alpha value is -3.35. The van der Waals surface area contributed by atoms with Gasteiger partial charge in [0.15, 0.2) is 5.82 Å². The maximum Gasteiger partial charge on any atom is 0.348 e. The highest BCUT2D eigenvalue weighted by molar-refractivity contribution is 5.81. The number of unbranched alkanes of at least 4 members (excludes halogenated alkanes) is 10. The molecule has 0 aliphatic rings. The molecule has 240 valence electrons. The van der Waals surface area contributed by atoms with E-state index in [1.165, 1.54) is 26.2 Å². The first-order chi connectivity index (χ1) is 21.3. The summed E-state index contributed by atoms with van der Waals surface area (Å²) in [7, 11) is 0. The second kappa shape index (κ2) is 19.1. The van der Waals surface area contributed by atoms with E-state index < -0.39 is 17.8 Å². The minimum atomic E-state index is -2.01. The van der Waals surface area contributed by atoms with E-state index in [4.69, 9.17) is 9.47 Å². The lowest BCUT2D eigenvalue weighted by Crippen LogP contribution is -2.34. The van der Waals surface area contributed by atoms with Gasteiger partial charge < -0.3 is 9.47 Å². The molecule has 0 saturated carbocycles. The van der Waals surface area contributed by atoms with Gasteiger partial charge in [0.2, 0.25) is 5.67 Å². The number of benzene rings is 2. The third-order valence-corrected chi connectivity index (χ3v) is 7.85. The molecule has 1 heterocycles. The Bertz CT molecular complexity index is 1210. The SMILES string of the molecule is CCCCCCCCC[C@](C)(F)C(=O)Oc1ccc(-c2cnc(-c3ccc(OCCCCCCC[C@H](C)F)cc3)nc2)cc1. The van der Waals surface area contributed by atoms with Gasteiger partial charge in [-0.25, -0.2) is 23.5 Å². The van der Waals surface area contributed by atoms with Crippen molar-refractivity contribution in [2.75, 3.05) is 6.61 Å². The number of hydrogen-bond donors (Lipinski definition) is 0. The molecule has 7 heteroatoms. The van der Waals surface area contributed by atoms with Crippen molar-refractivity contribution in [3.63, 3.8) is 0 Å². The number of carbonyl (C=O) groups is 1. The van der Waals surface area contributed by atoms with E-state index in [2.05, 4.69) is 16.9 Å². The van der Waals surface area contributed by atoms with Crippen LogP contribution in [0.25, 0.3) is 22.5 Å². The van der Waals surface area contributed by atoms with Crippen LogP contribution in [0.4, 0.5) is 8.78 Å². The molecule has 0 saturated heterocycles. The van der Waals surface area contributed by atoms with Crippen LogP contribution in [-0.4, -0.2) is 34.4 Å². The molecule has 0 aliphatic heterocycles. The van der Waals surface area contributed by atoms with E-state index in [1.54, 1.807) is 31.5 Å². The average molecular weight is 609 g/mol. The Morgan fingerprint density at radius 2 is 1.30 bits per heavy atom. The second-order valence-corrected chi connectivity index (χ2v) is 12.0. The molecule has 5 nitrogen and oxygen atoms in total. The fourth-order valence-corrected chi connectivity index (χ4v) is 5.02. The molecule has 44 heavy (non-hydrogen) atoms. The van der Waals surface area contributed by atoms with Crippen molar-refractivity contribution in [3.8, 4) is 34.0 Å². The van der Waals surface area contributed by atoms with Gasteiger partial charge in [0.05, 0.1) is 12.8 Å². The van der Waals surface area contributed by atoms with Crippen LogP contribution in [0.5, 0.6) is 11.5 Å². The third-order valence-electron chi connectivity index (χ3n) is 7.85. The summed E-state index contributed by atoms with van der Waals surface area (Å²) in [5.74, 6) is 0.877. The van der Waals surface area contributed by atoms with Crippen LogP contribution in [0.15, 0.2) is 60.9 Å². The highest BCUT2D eigenvalue weighted by Crippen LogP contribution is 2.27. The number of alkyl halides is 2. The zero-order valence-electron chi connectivity index (χ0n) is 26.8. The van der Waals surface area contributed by atoms with Crippen LogP contribution in [0.2, 0.25) is 0 Å². The van der Waals surface area contributed by atoms with Crippen molar-refractivity contribution in [1.29, 1.82) is 0 Å². The maximum absolute atomic E-state index is 15.0. The lowest BCUT2D eigenvalue weighted by atomic mass is 9.99. The third kappa shape index (κ3) is 12.7. The van der Waals surface area contributed by atoms with E-state index in [-0.39, 0.29) is 6.42 Å². The number of ether oxygens (including phenoxy) is 2. The van der Waals surface area contributed by atoms with Crippen molar-refractivity contribution in [1.82, 2.24) is 9.97 Å². The number of halogens is 2. The number of esters is 1. The molecular formula is C37H50F2N2O3. The molecule has 0 unspecified atom stereocenters. The van der Waals surface area contributed by atoms with Gasteiger partial charge in [-0.3, -0.25) is 0 Å². The van der Waals surface area contributed by atoms with Gasteiger partial charge >= 0.3 is 5.97 Å². The molecule has 2 aromatic carbocycles. The highest BCUT2D eigenvalue weighted by Gasteiger charge is 2.34. The Labute approximate surface area is 262 Å². The Morgan fingerprint density at radius 1 is 0.750 bits per heavy atom. The number of rotatable bonds is 21. The normalized spacial score (nSPS) is 13.3. The van der Waals surface area contributed by atoms with Gasteiger partial charge in [0.25, 0.3) is 0 Å². The average Bonchev–Trinajstić information content (AvgIpc) is 3.02. The molecule has 0 N–H and O–H groups in total. The summed E-state index contributed by atoms with van der Waals surface area (Å²) in [6, 6.07) is 14.7. The lowest BCUT2D eigenvalue weighted by Gasteiger charge is -2.18. The summed E-state index contributed by atoms with van der Waals surface area (Å²) in [5.41, 5.74) is 0.565. The van der Waals surface area contributed by atoms with Crippen LogP contribution in [0.3, 0.4) is 0 Å². The van der Waals surface area contributed by atoms with Crippen LogP contribution >= 0.6 is 0 Å². The Morgan fingerprint density at radius 3 is 1.93 bits per heavy atom. The molecule has 0 fully saturated rings. The molecule has 1 aromatic heterocycles. The number of carbonyl (C=O) groups excluding carboxylic acids is 1. The predicted molar refractivity (Wildman–Crippen MR) is 174 cm³/mol. The molecule has 0 bridgehead atoms. The summed E-state index contributed by atoms with van der Waals surface area (Å²) < 4.78 is 39.0. The van der Waals surface area contributed by atoms with Crippen LogP contribution < -0.4 is 9.47 Å². The first-order valence-electron chi connectivity index (χ1n) is 16.5. The predicted octanol–water partition coefficient (Wildman–Crippen LogP) is 10.7. The lowest BCUT2D eigenvalue weighted by molar-refractivity contribution is -0.147. The van der Waals surface area contributed by atoms with Crippen molar-refractivity contribution in [2.24, 2.45) is 0 Å². The van der Waals surface area contributed by atoms with E-state index in [0.29, 0.717) is 31.0 Å². The minimum absolute atomic E-state index is 0.168. The molecular weight excluding hydrogens is 558 g/mol. The summed E-state index contributed by atoms with van der Waals surface area (Å²) >= 11 is 0. The molecule has 0 aliphatic carbocycles. The van der Waals surface area contributed by atoms with Gasteiger partial charge in [0, 0.05) is 23.5 Å². The molecule has 0 amide bonds.